The molecule has 1 rings (SSSR count). The van der Waals surface area contributed by atoms with Crippen LogP contribution in [0.15, 0.2) is 6.20 Å². The lowest BCUT2D eigenvalue weighted by Crippen LogP contribution is -2.22. The molecule has 0 saturated carbocycles. The Morgan fingerprint density at radius 1 is 1.27 bits per heavy atom. The van der Waals surface area contributed by atoms with Crippen molar-refractivity contribution >= 4 is 0 Å². The van der Waals surface area contributed by atoms with E-state index in [9.17, 15) is 13.2 Å². The van der Waals surface area contributed by atoms with E-state index in [1.807, 2.05) is 0 Å². The van der Waals surface area contributed by atoms with Gasteiger partial charge in [-0.05, 0) is 20.8 Å². The Hall–Kier alpha value is -1.20. The molecule has 15 heavy (non-hydrogen) atoms. The molecule has 0 bridgehead atoms. The minimum absolute atomic E-state index is 0.391. The highest BCUT2D eigenvalue weighted by Crippen LogP contribution is 2.36. The van der Waals surface area contributed by atoms with Gasteiger partial charge < -0.3 is 4.74 Å². The van der Waals surface area contributed by atoms with E-state index in [-0.39, 0.29) is 0 Å². The van der Waals surface area contributed by atoms with E-state index < -0.39 is 23.2 Å². The predicted molar refractivity (Wildman–Crippen MR) is 48.8 cm³/mol. The first-order chi connectivity index (χ1) is 6.66. The molecule has 0 aliphatic rings. The van der Waals surface area contributed by atoms with Crippen LogP contribution in [0.2, 0.25) is 0 Å². The van der Waals surface area contributed by atoms with Crippen molar-refractivity contribution in [1.29, 1.82) is 0 Å². The number of aromatic nitrogens is 2. The van der Waals surface area contributed by atoms with E-state index >= 15 is 0 Å². The molecule has 0 unspecified atom stereocenters. The maximum absolute atomic E-state index is 12.5. The maximum atomic E-state index is 12.5. The van der Waals surface area contributed by atoms with Crippen LogP contribution in [0.25, 0.3) is 0 Å². The zero-order valence-corrected chi connectivity index (χ0v) is 9.01. The molecule has 0 aliphatic heterocycles. The van der Waals surface area contributed by atoms with Crippen LogP contribution in [-0.4, -0.2) is 16.9 Å². The fraction of sp³-hybridized carbons (Fsp3) is 0.667. The Balaban J connectivity index is 3.24. The molecule has 0 radical (unpaired) electrons. The van der Waals surface area contributed by atoms with Gasteiger partial charge in [0.2, 0.25) is 5.88 Å². The largest absolute Gasteiger partial charge is 0.480 e. The molecule has 0 N–H and O–H groups in total. The second kappa shape index (κ2) is 3.43. The van der Waals surface area contributed by atoms with Gasteiger partial charge in [-0.15, -0.1) is 5.10 Å². The van der Waals surface area contributed by atoms with E-state index in [0.717, 1.165) is 6.20 Å². The summed E-state index contributed by atoms with van der Waals surface area (Å²) in [6.07, 6.45) is -3.48. The lowest BCUT2D eigenvalue weighted by Gasteiger charge is -2.18. The summed E-state index contributed by atoms with van der Waals surface area (Å²) in [6, 6.07) is 0. The number of hydrogen-bond acceptors (Lipinski definition) is 2. The van der Waals surface area contributed by atoms with E-state index in [4.69, 9.17) is 0 Å². The molecular weight excluding hydrogens is 209 g/mol. The monoisotopic (exact) mass is 222 g/mol. The molecule has 0 aromatic carbocycles. The average molecular weight is 222 g/mol. The van der Waals surface area contributed by atoms with Crippen molar-refractivity contribution < 1.29 is 17.9 Å². The smallest absolute Gasteiger partial charge is 0.423 e. The van der Waals surface area contributed by atoms with Crippen LogP contribution in [0.5, 0.6) is 5.88 Å². The fourth-order valence-corrected chi connectivity index (χ4v) is 1.05. The number of halogens is 3. The summed E-state index contributed by atoms with van der Waals surface area (Å²) < 4.78 is 43.4. The third kappa shape index (κ3) is 2.43. The van der Waals surface area contributed by atoms with Crippen molar-refractivity contribution in [3.05, 3.63) is 11.8 Å². The summed E-state index contributed by atoms with van der Waals surface area (Å²) in [6.45, 7) is 5.29. The summed E-state index contributed by atoms with van der Waals surface area (Å²) in [4.78, 5) is 0. The molecule has 0 aliphatic carbocycles. The first kappa shape index (κ1) is 11.9. The highest BCUT2D eigenvalue weighted by atomic mass is 19.4. The summed E-state index contributed by atoms with van der Waals surface area (Å²) in [7, 11) is 1.17. The summed E-state index contributed by atoms with van der Waals surface area (Å²) in [5.74, 6) is -0.391. The van der Waals surface area contributed by atoms with Gasteiger partial charge >= 0.3 is 6.18 Å². The Morgan fingerprint density at radius 2 is 1.80 bits per heavy atom. The van der Waals surface area contributed by atoms with Crippen molar-refractivity contribution in [3.63, 3.8) is 0 Å². The van der Waals surface area contributed by atoms with Crippen LogP contribution in [0, 0.1) is 0 Å². The number of rotatable bonds is 1. The third-order valence-corrected chi connectivity index (χ3v) is 1.87. The minimum Gasteiger partial charge on any atom is -0.480 e. The Labute approximate surface area is 85.8 Å². The first-order valence-corrected chi connectivity index (χ1v) is 4.37. The highest BCUT2D eigenvalue weighted by molar-refractivity contribution is 5.26. The fourth-order valence-electron chi connectivity index (χ4n) is 1.05. The van der Waals surface area contributed by atoms with E-state index in [2.05, 4.69) is 9.84 Å². The molecule has 0 fully saturated rings. The molecule has 86 valence electrons. The van der Waals surface area contributed by atoms with Crippen LogP contribution in [-0.2, 0) is 11.7 Å². The second-order valence-corrected chi connectivity index (χ2v) is 4.17. The van der Waals surface area contributed by atoms with Gasteiger partial charge in [0.25, 0.3) is 0 Å². The van der Waals surface area contributed by atoms with Crippen molar-refractivity contribution in [3.8, 4) is 5.88 Å². The Morgan fingerprint density at radius 3 is 2.07 bits per heavy atom. The third-order valence-electron chi connectivity index (χ3n) is 1.87. The predicted octanol–water partition coefficient (Wildman–Crippen LogP) is 2.67. The van der Waals surface area contributed by atoms with Crippen LogP contribution in [0.3, 0.4) is 0 Å². The Kier molecular flexibility index (Phi) is 2.71. The lowest BCUT2D eigenvalue weighted by molar-refractivity contribution is -0.138. The molecule has 3 nitrogen and oxygen atoms in total. The molecule has 6 heteroatoms. The molecule has 1 aromatic rings. The molecule has 0 atom stereocenters. The number of methoxy groups -OCH3 is 1. The van der Waals surface area contributed by atoms with Gasteiger partial charge in [0.1, 0.15) is 5.56 Å². The summed E-state index contributed by atoms with van der Waals surface area (Å²) in [5.41, 5.74) is -1.35. The van der Waals surface area contributed by atoms with Crippen molar-refractivity contribution in [2.75, 3.05) is 7.11 Å². The van der Waals surface area contributed by atoms with Crippen molar-refractivity contribution in [2.45, 2.75) is 32.5 Å². The average Bonchev–Trinajstić information content (AvgIpc) is 2.44. The SMILES string of the molecule is COc1nn(C(C)(C)C)cc1C(F)(F)F. The van der Waals surface area contributed by atoms with Crippen LogP contribution in [0.4, 0.5) is 13.2 Å². The zero-order valence-electron chi connectivity index (χ0n) is 9.01. The number of alkyl halides is 3. The van der Waals surface area contributed by atoms with Gasteiger partial charge in [-0.3, -0.25) is 4.68 Å². The zero-order chi connectivity index (χ0) is 11.9. The molecular formula is C9H13F3N2O. The van der Waals surface area contributed by atoms with E-state index in [1.165, 1.54) is 11.8 Å². The van der Waals surface area contributed by atoms with Gasteiger partial charge in [-0.2, -0.15) is 13.2 Å². The summed E-state index contributed by atoms with van der Waals surface area (Å²) >= 11 is 0. The summed E-state index contributed by atoms with van der Waals surface area (Å²) in [5, 5.41) is 3.74. The van der Waals surface area contributed by atoms with Crippen LogP contribution in [0.1, 0.15) is 26.3 Å². The molecule has 0 saturated heterocycles. The number of nitrogens with zero attached hydrogens (tertiary/aromatic N) is 2. The van der Waals surface area contributed by atoms with Gasteiger partial charge in [0.05, 0.1) is 12.6 Å². The molecule has 0 spiro atoms. The van der Waals surface area contributed by atoms with Crippen LogP contribution >= 0.6 is 0 Å². The van der Waals surface area contributed by atoms with Gasteiger partial charge in [0, 0.05) is 6.20 Å². The Bertz CT molecular complexity index is 349. The number of ether oxygens (including phenoxy) is 1. The van der Waals surface area contributed by atoms with Gasteiger partial charge in [-0.25, -0.2) is 0 Å². The van der Waals surface area contributed by atoms with Gasteiger partial charge in [0.15, 0.2) is 0 Å². The van der Waals surface area contributed by atoms with Gasteiger partial charge in [-0.1, -0.05) is 0 Å². The molecule has 1 aromatic heterocycles. The normalized spacial score (nSPS) is 13.0. The maximum Gasteiger partial charge on any atom is 0.423 e. The minimum atomic E-state index is -4.44. The quantitative estimate of drug-likeness (QED) is 0.730. The van der Waals surface area contributed by atoms with Crippen LogP contribution < -0.4 is 4.74 Å². The lowest BCUT2D eigenvalue weighted by atomic mass is 10.1. The van der Waals surface area contributed by atoms with E-state index in [0.29, 0.717) is 0 Å². The second-order valence-electron chi connectivity index (χ2n) is 4.17. The highest BCUT2D eigenvalue weighted by Gasteiger charge is 2.38. The van der Waals surface area contributed by atoms with Crippen molar-refractivity contribution in [2.24, 2.45) is 0 Å². The topological polar surface area (TPSA) is 27.1 Å². The number of hydrogen-bond donors (Lipinski definition) is 0. The molecule has 0 amide bonds. The first-order valence-electron chi connectivity index (χ1n) is 4.37. The standard InChI is InChI=1S/C9H13F3N2O/c1-8(2,3)14-5-6(9(10,11)12)7(13-14)15-4/h5H,1-4H3. The van der Waals surface area contributed by atoms with E-state index in [1.54, 1.807) is 20.8 Å². The molecule has 1 heterocycles. The van der Waals surface area contributed by atoms with Crippen molar-refractivity contribution in [1.82, 2.24) is 9.78 Å².